The van der Waals surface area contributed by atoms with Crippen LogP contribution in [0.1, 0.15) is 16.8 Å². The largest absolute Gasteiger partial charge is 0.356 e. The summed E-state index contributed by atoms with van der Waals surface area (Å²) in [4.78, 5) is 16.8. The molecule has 0 saturated carbocycles. The summed E-state index contributed by atoms with van der Waals surface area (Å²) in [6, 6.07) is 11.9. The SMILES string of the molecule is Cc1ccc2nc(NC(=O)Cc3noc4ccc(C)cc34)sc2c1. The Morgan fingerprint density at radius 3 is 2.83 bits per heavy atom. The molecule has 0 aliphatic heterocycles. The van der Waals surface area contributed by atoms with Gasteiger partial charge >= 0.3 is 0 Å². The van der Waals surface area contributed by atoms with Crippen LogP contribution in [0.15, 0.2) is 40.9 Å². The normalized spacial score (nSPS) is 11.2. The number of nitrogens with zero attached hydrogens (tertiary/aromatic N) is 2. The summed E-state index contributed by atoms with van der Waals surface area (Å²) in [6.07, 6.45) is 0.158. The first kappa shape index (κ1) is 14.8. The lowest BCUT2D eigenvalue weighted by Crippen LogP contribution is -2.14. The number of amides is 1. The summed E-state index contributed by atoms with van der Waals surface area (Å²) in [7, 11) is 0. The molecule has 0 atom stereocenters. The maximum atomic E-state index is 12.3. The van der Waals surface area contributed by atoms with Crippen LogP contribution in [0.4, 0.5) is 5.13 Å². The molecule has 0 spiro atoms. The highest BCUT2D eigenvalue weighted by atomic mass is 32.1. The summed E-state index contributed by atoms with van der Waals surface area (Å²) >= 11 is 1.47. The van der Waals surface area contributed by atoms with Crippen molar-refractivity contribution in [2.45, 2.75) is 20.3 Å². The third kappa shape index (κ3) is 2.76. The number of carbonyl (C=O) groups is 1. The summed E-state index contributed by atoms with van der Waals surface area (Å²) in [5, 5.41) is 8.36. The number of aromatic nitrogens is 2. The van der Waals surface area contributed by atoms with E-state index in [9.17, 15) is 4.79 Å². The number of aryl methyl sites for hydroxylation is 2. The van der Waals surface area contributed by atoms with Crippen LogP contribution in [-0.4, -0.2) is 16.0 Å². The Morgan fingerprint density at radius 1 is 1.17 bits per heavy atom. The minimum Gasteiger partial charge on any atom is -0.356 e. The number of fused-ring (bicyclic) bond motifs is 2. The topological polar surface area (TPSA) is 68.0 Å². The van der Waals surface area contributed by atoms with Gasteiger partial charge in [0.2, 0.25) is 5.91 Å². The molecule has 1 N–H and O–H groups in total. The third-order valence-electron chi connectivity index (χ3n) is 3.82. The van der Waals surface area contributed by atoms with E-state index >= 15 is 0 Å². The van der Waals surface area contributed by atoms with Crippen molar-refractivity contribution in [2.24, 2.45) is 0 Å². The highest BCUT2D eigenvalue weighted by molar-refractivity contribution is 7.22. The number of anilines is 1. The van der Waals surface area contributed by atoms with E-state index in [0.717, 1.165) is 21.2 Å². The van der Waals surface area contributed by atoms with Crippen LogP contribution in [0.3, 0.4) is 0 Å². The van der Waals surface area contributed by atoms with Gasteiger partial charge < -0.3 is 9.84 Å². The predicted octanol–water partition coefficient (Wildman–Crippen LogP) is 4.24. The Hall–Kier alpha value is -2.73. The Labute approximate surface area is 142 Å². The predicted molar refractivity (Wildman–Crippen MR) is 95.4 cm³/mol. The highest BCUT2D eigenvalue weighted by Gasteiger charge is 2.14. The first-order valence-electron chi connectivity index (χ1n) is 7.60. The number of rotatable bonds is 3. The minimum atomic E-state index is -0.150. The third-order valence-corrected chi connectivity index (χ3v) is 4.75. The smallest absolute Gasteiger partial charge is 0.232 e. The molecule has 2 heterocycles. The van der Waals surface area contributed by atoms with Crippen molar-refractivity contribution in [2.75, 3.05) is 5.32 Å². The summed E-state index contributed by atoms with van der Waals surface area (Å²) in [5.41, 5.74) is 4.51. The van der Waals surface area contributed by atoms with E-state index in [1.54, 1.807) is 0 Å². The number of hydrogen-bond donors (Lipinski definition) is 1. The molecule has 0 unspecified atom stereocenters. The number of hydrogen-bond acceptors (Lipinski definition) is 5. The van der Waals surface area contributed by atoms with Gasteiger partial charge in [0.15, 0.2) is 10.7 Å². The molecule has 4 rings (SSSR count). The van der Waals surface area contributed by atoms with E-state index < -0.39 is 0 Å². The van der Waals surface area contributed by atoms with E-state index in [4.69, 9.17) is 4.52 Å². The quantitative estimate of drug-likeness (QED) is 0.607. The molecule has 6 heteroatoms. The van der Waals surface area contributed by atoms with Crippen LogP contribution in [0, 0.1) is 13.8 Å². The second-order valence-corrected chi connectivity index (χ2v) is 6.87. The molecule has 24 heavy (non-hydrogen) atoms. The molecule has 0 radical (unpaired) electrons. The second-order valence-electron chi connectivity index (χ2n) is 5.84. The van der Waals surface area contributed by atoms with E-state index in [1.165, 1.54) is 16.9 Å². The zero-order valence-electron chi connectivity index (χ0n) is 13.3. The molecular formula is C18H15N3O2S. The maximum absolute atomic E-state index is 12.3. The maximum Gasteiger partial charge on any atom is 0.232 e. The zero-order valence-corrected chi connectivity index (χ0v) is 14.1. The Kier molecular flexibility index (Phi) is 3.54. The number of carbonyl (C=O) groups excluding carboxylic acids is 1. The van der Waals surface area contributed by atoms with Gasteiger partial charge in [0.25, 0.3) is 0 Å². The van der Waals surface area contributed by atoms with Crippen molar-refractivity contribution in [1.82, 2.24) is 10.1 Å². The number of nitrogens with one attached hydrogen (secondary N) is 1. The van der Waals surface area contributed by atoms with E-state index in [-0.39, 0.29) is 12.3 Å². The van der Waals surface area contributed by atoms with Crippen molar-refractivity contribution in [3.8, 4) is 0 Å². The van der Waals surface area contributed by atoms with Crippen LogP contribution >= 0.6 is 11.3 Å². The molecule has 2 aromatic carbocycles. The van der Waals surface area contributed by atoms with Gasteiger partial charge in [0.05, 0.1) is 16.6 Å². The van der Waals surface area contributed by atoms with Crippen molar-refractivity contribution in [3.63, 3.8) is 0 Å². The first-order chi connectivity index (χ1) is 11.6. The fraction of sp³-hybridized carbons (Fsp3) is 0.167. The van der Waals surface area contributed by atoms with E-state index in [2.05, 4.69) is 21.5 Å². The number of thiazole rings is 1. The van der Waals surface area contributed by atoms with E-state index in [0.29, 0.717) is 16.4 Å². The van der Waals surface area contributed by atoms with Gasteiger partial charge in [-0.15, -0.1) is 0 Å². The fourth-order valence-electron chi connectivity index (χ4n) is 2.63. The Bertz CT molecular complexity index is 1060. The van der Waals surface area contributed by atoms with Crippen molar-refractivity contribution in [1.29, 1.82) is 0 Å². The van der Waals surface area contributed by atoms with Crippen molar-refractivity contribution < 1.29 is 9.32 Å². The lowest BCUT2D eigenvalue weighted by Gasteiger charge is -1.99. The van der Waals surface area contributed by atoms with Crippen LogP contribution in [0.2, 0.25) is 0 Å². The zero-order chi connectivity index (χ0) is 16.7. The fourth-order valence-corrected chi connectivity index (χ4v) is 3.61. The van der Waals surface area contributed by atoms with Gasteiger partial charge in [-0.05, 0) is 43.7 Å². The standard InChI is InChI=1S/C18H15N3O2S/c1-10-4-6-15-12(7-10)14(21-23-15)9-17(22)20-18-19-13-5-3-11(2)8-16(13)24-18/h3-8H,9H2,1-2H3,(H,19,20,22). The highest BCUT2D eigenvalue weighted by Crippen LogP contribution is 2.27. The summed E-state index contributed by atoms with van der Waals surface area (Å²) < 4.78 is 6.34. The monoisotopic (exact) mass is 337 g/mol. The summed E-state index contributed by atoms with van der Waals surface area (Å²) in [5.74, 6) is -0.150. The Balaban J connectivity index is 1.55. The molecule has 0 aliphatic carbocycles. The van der Waals surface area contributed by atoms with Crippen LogP contribution < -0.4 is 5.32 Å². The molecule has 0 aliphatic rings. The minimum absolute atomic E-state index is 0.150. The van der Waals surface area contributed by atoms with Gasteiger partial charge in [-0.3, -0.25) is 4.79 Å². The Morgan fingerprint density at radius 2 is 1.96 bits per heavy atom. The molecule has 2 aromatic heterocycles. The average Bonchev–Trinajstić information content (AvgIpc) is 3.10. The number of benzene rings is 2. The first-order valence-corrected chi connectivity index (χ1v) is 8.42. The molecule has 120 valence electrons. The molecule has 0 bridgehead atoms. The lowest BCUT2D eigenvalue weighted by molar-refractivity contribution is -0.115. The van der Waals surface area contributed by atoms with Crippen LogP contribution in [-0.2, 0) is 11.2 Å². The van der Waals surface area contributed by atoms with Gasteiger partial charge in [-0.1, -0.05) is 34.2 Å². The average molecular weight is 337 g/mol. The molecule has 1 amide bonds. The molecule has 0 saturated heterocycles. The van der Waals surface area contributed by atoms with Crippen LogP contribution in [0.25, 0.3) is 21.2 Å². The molecular weight excluding hydrogens is 322 g/mol. The molecule has 4 aromatic rings. The summed E-state index contributed by atoms with van der Waals surface area (Å²) in [6.45, 7) is 4.04. The molecule has 0 fully saturated rings. The van der Waals surface area contributed by atoms with E-state index in [1.807, 2.05) is 44.2 Å². The van der Waals surface area contributed by atoms with Gasteiger partial charge in [-0.25, -0.2) is 4.98 Å². The van der Waals surface area contributed by atoms with Gasteiger partial charge in [-0.2, -0.15) is 0 Å². The van der Waals surface area contributed by atoms with Crippen molar-refractivity contribution in [3.05, 3.63) is 53.2 Å². The molecule has 5 nitrogen and oxygen atoms in total. The van der Waals surface area contributed by atoms with Gasteiger partial charge in [0, 0.05) is 5.39 Å². The van der Waals surface area contributed by atoms with Gasteiger partial charge in [0.1, 0.15) is 5.69 Å². The lowest BCUT2D eigenvalue weighted by atomic mass is 10.1. The van der Waals surface area contributed by atoms with Crippen LogP contribution in [0.5, 0.6) is 0 Å². The van der Waals surface area contributed by atoms with Crippen molar-refractivity contribution >= 4 is 43.6 Å². The second kappa shape index (κ2) is 5.72.